The van der Waals surface area contributed by atoms with E-state index in [9.17, 15) is 9.18 Å². The minimum atomic E-state index is -0.366. The van der Waals surface area contributed by atoms with Gasteiger partial charge in [0.1, 0.15) is 10.6 Å². The van der Waals surface area contributed by atoms with Crippen molar-refractivity contribution >= 4 is 33.2 Å². The molecular formula is C22H14ClFN4O2S. The molecule has 5 rings (SSSR count). The van der Waals surface area contributed by atoms with Crippen molar-refractivity contribution < 1.29 is 8.91 Å². The van der Waals surface area contributed by atoms with Crippen LogP contribution in [0.15, 0.2) is 64.2 Å². The van der Waals surface area contributed by atoms with Crippen molar-refractivity contribution in [1.29, 1.82) is 0 Å². The average molecular weight is 453 g/mol. The van der Waals surface area contributed by atoms with Gasteiger partial charge < -0.3 is 4.52 Å². The van der Waals surface area contributed by atoms with Gasteiger partial charge in [0.2, 0.25) is 5.82 Å². The largest absolute Gasteiger partial charge is 0.333 e. The number of aromatic nitrogens is 4. The van der Waals surface area contributed by atoms with Gasteiger partial charge in [-0.15, -0.1) is 11.3 Å². The molecule has 3 heterocycles. The molecule has 0 saturated heterocycles. The highest BCUT2D eigenvalue weighted by Crippen LogP contribution is 2.36. The molecular weight excluding hydrogens is 439 g/mol. The zero-order chi connectivity index (χ0) is 21.5. The normalized spacial score (nSPS) is 11.3. The Labute approximate surface area is 184 Å². The average Bonchev–Trinajstić information content (AvgIpc) is 3.37. The first kappa shape index (κ1) is 19.6. The summed E-state index contributed by atoms with van der Waals surface area (Å²) in [4.78, 5) is 23.2. The fraction of sp³-hybridized carbons (Fsp3) is 0.0909. The first-order valence-electron chi connectivity index (χ1n) is 9.34. The van der Waals surface area contributed by atoms with Gasteiger partial charge >= 0.3 is 0 Å². The number of aryl methyl sites for hydroxylation is 1. The van der Waals surface area contributed by atoms with Crippen molar-refractivity contribution in [2.24, 2.45) is 0 Å². The number of fused-ring (bicyclic) bond motifs is 1. The topological polar surface area (TPSA) is 73.8 Å². The summed E-state index contributed by atoms with van der Waals surface area (Å²) in [5, 5.41) is 5.00. The van der Waals surface area contributed by atoms with Crippen molar-refractivity contribution in [3.8, 4) is 22.2 Å². The highest BCUT2D eigenvalue weighted by atomic mass is 35.5. The Morgan fingerprint density at radius 2 is 1.94 bits per heavy atom. The van der Waals surface area contributed by atoms with Crippen LogP contribution in [0.4, 0.5) is 4.39 Å². The molecule has 0 aliphatic heterocycles. The van der Waals surface area contributed by atoms with Crippen LogP contribution in [-0.4, -0.2) is 19.7 Å². The number of halogens is 2. The second kappa shape index (κ2) is 7.72. The van der Waals surface area contributed by atoms with Gasteiger partial charge in [-0.25, -0.2) is 9.37 Å². The quantitative estimate of drug-likeness (QED) is 0.368. The van der Waals surface area contributed by atoms with Crippen LogP contribution in [-0.2, 0) is 6.54 Å². The zero-order valence-corrected chi connectivity index (χ0v) is 17.7. The Hall–Kier alpha value is -3.36. The standard InChI is InChI=1S/C22H14ClFN4O2S/c1-12-17-21(25-11-28(22(17)29)10-13-6-2-5-9-16(13)24)31-18(12)20-26-19(27-30-20)14-7-3-4-8-15(14)23/h2-9,11H,10H2,1H3. The minimum Gasteiger partial charge on any atom is -0.333 e. The van der Waals surface area contributed by atoms with E-state index in [2.05, 4.69) is 15.1 Å². The van der Waals surface area contributed by atoms with Gasteiger partial charge in [0.05, 0.1) is 28.2 Å². The molecule has 0 spiro atoms. The lowest BCUT2D eigenvalue weighted by Gasteiger charge is -2.06. The summed E-state index contributed by atoms with van der Waals surface area (Å²) in [5.41, 5.74) is 1.51. The Morgan fingerprint density at radius 3 is 2.74 bits per heavy atom. The molecule has 6 nitrogen and oxygen atoms in total. The molecule has 5 aromatic rings. The smallest absolute Gasteiger partial charge is 0.268 e. The number of rotatable bonds is 4. The summed E-state index contributed by atoms with van der Waals surface area (Å²) < 4.78 is 20.9. The number of hydrogen-bond donors (Lipinski definition) is 0. The minimum absolute atomic E-state index is 0.0935. The summed E-state index contributed by atoms with van der Waals surface area (Å²) in [7, 11) is 0. The van der Waals surface area contributed by atoms with Gasteiger partial charge in [-0.3, -0.25) is 9.36 Å². The molecule has 9 heteroatoms. The van der Waals surface area contributed by atoms with Crippen LogP contribution in [0.2, 0.25) is 5.02 Å². The van der Waals surface area contributed by atoms with E-state index in [0.29, 0.717) is 42.6 Å². The number of hydrogen-bond acceptors (Lipinski definition) is 6. The van der Waals surface area contributed by atoms with Crippen LogP contribution in [0.5, 0.6) is 0 Å². The van der Waals surface area contributed by atoms with E-state index in [4.69, 9.17) is 16.1 Å². The van der Waals surface area contributed by atoms with Crippen LogP contribution in [0, 0.1) is 12.7 Å². The van der Waals surface area contributed by atoms with E-state index in [1.54, 1.807) is 30.3 Å². The first-order chi connectivity index (χ1) is 15.0. The monoisotopic (exact) mass is 452 g/mol. The number of nitrogens with zero attached hydrogens (tertiary/aromatic N) is 4. The second-order valence-electron chi connectivity index (χ2n) is 6.91. The molecule has 0 aliphatic carbocycles. The van der Waals surface area contributed by atoms with Crippen LogP contribution < -0.4 is 5.56 Å². The van der Waals surface area contributed by atoms with Gasteiger partial charge in [-0.1, -0.05) is 47.1 Å². The molecule has 0 saturated carbocycles. The molecule has 31 heavy (non-hydrogen) atoms. The van der Waals surface area contributed by atoms with E-state index in [1.807, 2.05) is 19.1 Å². The molecule has 0 bridgehead atoms. The highest BCUT2D eigenvalue weighted by molar-refractivity contribution is 7.22. The molecule has 0 amide bonds. The number of benzene rings is 2. The van der Waals surface area contributed by atoms with Gasteiger partial charge in [-0.2, -0.15) is 4.98 Å². The zero-order valence-electron chi connectivity index (χ0n) is 16.2. The van der Waals surface area contributed by atoms with Crippen molar-refractivity contribution in [2.75, 3.05) is 0 Å². The van der Waals surface area contributed by atoms with Crippen molar-refractivity contribution in [2.45, 2.75) is 13.5 Å². The third-order valence-corrected chi connectivity index (χ3v) is 6.47. The van der Waals surface area contributed by atoms with E-state index >= 15 is 0 Å². The molecule has 0 radical (unpaired) electrons. The number of thiophene rings is 1. The predicted octanol–water partition coefficient (Wildman–Crippen LogP) is 5.32. The van der Waals surface area contributed by atoms with Crippen molar-refractivity contribution in [1.82, 2.24) is 19.7 Å². The summed E-state index contributed by atoms with van der Waals surface area (Å²) >= 11 is 7.52. The van der Waals surface area contributed by atoms with Crippen LogP contribution in [0.3, 0.4) is 0 Å². The van der Waals surface area contributed by atoms with Crippen molar-refractivity contribution in [3.05, 3.63) is 87.2 Å². The molecule has 154 valence electrons. The lowest BCUT2D eigenvalue weighted by Crippen LogP contribution is -2.21. The lowest BCUT2D eigenvalue weighted by atomic mass is 10.2. The summed E-state index contributed by atoms with van der Waals surface area (Å²) in [6.07, 6.45) is 1.43. The third-order valence-electron chi connectivity index (χ3n) is 4.95. The van der Waals surface area contributed by atoms with Gasteiger partial charge in [0.25, 0.3) is 11.4 Å². The maximum Gasteiger partial charge on any atom is 0.268 e. The highest BCUT2D eigenvalue weighted by Gasteiger charge is 2.21. The third kappa shape index (κ3) is 3.43. The second-order valence-corrected chi connectivity index (χ2v) is 8.31. The molecule has 0 aliphatic rings. The molecule has 0 fully saturated rings. The van der Waals surface area contributed by atoms with Gasteiger partial charge in [0.15, 0.2) is 0 Å². The van der Waals surface area contributed by atoms with E-state index in [0.717, 1.165) is 0 Å². The Balaban J connectivity index is 1.57. The fourth-order valence-electron chi connectivity index (χ4n) is 3.35. The predicted molar refractivity (Wildman–Crippen MR) is 118 cm³/mol. The maximum atomic E-state index is 14.0. The van der Waals surface area contributed by atoms with E-state index < -0.39 is 0 Å². The fourth-order valence-corrected chi connectivity index (χ4v) is 4.63. The van der Waals surface area contributed by atoms with E-state index in [-0.39, 0.29) is 23.8 Å². The van der Waals surface area contributed by atoms with Crippen LogP contribution in [0.25, 0.3) is 32.4 Å². The summed E-state index contributed by atoms with van der Waals surface area (Å²) in [6.45, 7) is 1.90. The summed E-state index contributed by atoms with van der Waals surface area (Å²) in [6, 6.07) is 13.6. The van der Waals surface area contributed by atoms with Crippen LogP contribution in [0.1, 0.15) is 11.1 Å². The molecule has 0 atom stereocenters. The lowest BCUT2D eigenvalue weighted by molar-refractivity contribution is 0.433. The van der Waals surface area contributed by atoms with E-state index in [1.165, 1.54) is 28.3 Å². The molecule has 0 N–H and O–H groups in total. The Bertz CT molecular complexity index is 1490. The van der Waals surface area contributed by atoms with Gasteiger partial charge in [0, 0.05) is 11.1 Å². The molecule has 3 aromatic heterocycles. The summed E-state index contributed by atoms with van der Waals surface area (Å²) in [5.74, 6) is 0.285. The Kier molecular flexibility index (Phi) is 4.88. The molecule has 0 unspecified atom stereocenters. The van der Waals surface area contributed by atoms with Crippen molar-refractivity contribution in [3.63, 3.8) is 0 Å². The maximum absolute atomic E-state index is 14.0. The SMILES string of the molecule is Cc1c(-c2nc(-c3ccccc3Cl)no2)sc2ncn(Cc3ccccc3F)c(=O)c12. The van der Waals surface area contributed by atoms with Crippen LogP contribution >= 0.6 is 22.9 Å². The Morgan fingerprint density at radius 1 is 1.16 bits per heavy atom. The first-order valence-corrected chi connectivity index (χ1v) is 10.5. The van der Waals surface area contributed by atoms with Gasteiger partial charge in [-0.05, 0) is 30.7 Å². The molecule has 2 aromatic carbocycles.